The maximum absolute atomic E-state index is 15.6. The fourth-order valence-electron chi connectivity index (χ4n) is 2.48. The highest BCUT2D eigenvalue weighted by atomic mass is 19.1. The Morgan fingerprint density at radius 2 is 1.80 bits per heavy atom. The Morgan fingerprint density at radius 3 is 2.50 bits per heavy atom. The zero-order valence-electron chi connectivity index (χ0n) is 11.0. The molecule has 3 heteroatoms. The molecule has 0 saturated carbocycles. The molecule has 0 saturated heterocycles. The molecule has 0 aliphatic heterocycles. The van der Waals surface area contributed by atoms with Crippen LogP contribution in [0.1, 0.15) is 16.7 Å². The molecule has 2 aromatic rings. The number of hydrogen-bond donors (Lipinski definition) is 0. The van der Waals surface area contributed by atoms with E-state index < -0.39 is 11.5 Å². The van der Waals surface area contributed by atoms with E-state index in [2.05, 4.69) is 0 Å². The summed E-state index contributed by atoms with van der Waals surface area (Å²) in [6, 6.07) is 13.6. The zero-order chi connectivity index (χ0) is 14.2. The van der Waals surface area contributed by atoms with Gasteiger partial charge in [0.1, 0.15) is 5.75 Å². The summed E-state index contributed by atoms with van der Waals surface area (Å²) in [7, 11) is 1.52. The third-order valence-electron chi connectivity index (χ3n) is 3.56. The normalized spacial score (nSPS) is 20.6. The highest BCUT2D eigenvalue weighted by Crippen LogP contribution is 2.41. The van der Waals surface area contributed by atoms with Gasteiger partial charge in [-0.3, -0.25) is 4.79 Å². The van der Waals surface area contributed by atoms with Gasteiger partial charge in [0.2, 0.25) is 11.5 Å². The Hall–Kier alpha value is -2.42. The van der Waals surface area contributed by atoms with E-state index >= 15 is 4.39 Å². The Balaban J connectivity index is 2.26. The van der Waals surface area contributed by atoms with E-state index in [9.17, 15) is 4.79 Å². The van der Waals surface area contributed by atoms with Crippen LogP contribution in [0.5, 0.6) is 5.75 Å². The summed E-state index contributed by atoms with van der Waals surface area (Å²) in [6.45, 7) is 0. The molecule has 1 aliphatic rings. The van der Waals surface area contributed by atoms with E-state index in [4.69, 9.17) is 4.74 Å². The fourth-order valence-corrected chi connectivity index (χ4v) is 2.48. The van der Waals surface area contributed by atoms with Crippen LogP contribution in [0, 0.1) is 0 Å². The summed E-state index contributed by atoms with van der Waals surface area (Å²) in [4.78, 5) is 12.2. The molecule has 2 aromatic carbocycles. The van der Waals surface area contributed by atoms with Gasteiger partial charge in [0.05, 0.1) is 7.11 Å². The molecular weight excluding hydrogens is 255 g/mol. The lowest BCUT2D eigenvalue weighted by Crippen LogP contribution is -2.33. The second kappa shape index (κ2) is 4.60. The van der Waals surface area contributed by atoms with Crippen molar-refractivity contribution in [1.29, 1.82) is 0 Å². The number of ether oxygens (including phenoxy) is 1. The largest absolute Gasteiger partial charge is 0.497 e. The first kappa shape index (κ1) is 12.6. The maximum atomic E-state index is 15.6. The lowest BCUT2D eigenvalue weighted by atomic mass is 9.78. The second-order valence-electron chi connectivity index (χ2n) is 4.68. The highest BCUT2D eigenvalue weighted by Gasteiger charge is 2.44. The molecule has 3 rings (SSSR count). The van der Waals surface area contributed by atoms with Gasteiger partial charge in [0, 0.05) is 11.1 Å². The quantitative estimate of drug-likeness (QED) is 0.833. The van der Waals surface area contributed by atoms with E-state index in [0.717, 1.165) is 0 Å². The van der Waals surface area contributed by atoms with Crippen LogP contribution in [0.3, 0.4) is 0 Å². The molecule has 0 bridgehead atoms. The number of benzene rings is 2. The number of fused-ring (bicyclic) bond motifs is 1. The summed E-state index contributed by atoms with van der Waals surface area (Å²) in [5, 5.41) is 0. The van der Waals surface area contributed by atoms with E-state index in [0.29, 0.717) is 22.4 Å². The van der Waals surface area contributed by atoms with Crippen LogP contribution < -0.4 is 4.74 Å². The van der Waals surface area contributed by atoms with Crippen LogP contribution in [0.15, 0.2) is 54.6 Å². The number of carbonyl (C=O) groups is 1. The van der Waals surface area contributed by atoms with Gasteiger partial charge in [0.15, 0.2) is 0 Å². The second-order valence-corrected chi connectivity index (χ2v) is 4.68. The van der Waals surface area contributed by atoms with E-state index in [-0.39, 0.29) is 0 Å². The SMILES string of the molecule is COc1ccc2c(c1)[C@](F)(c1ccccc1)C(=O)C=C2. The first-order chi connectivity index (χ1) is 9.66. The molecule has 0 spiro atoms. The van der Waals surface area contributed by atoms with Crippen molar-refractivity contribution in [3.05, 3.63) is 71.3 Å². The van der Waals surface area contributed by atoms with E-state index in [1.807, 2.05) is 0 Å². The van der Waals surface area contributed by atoms with Crippen molar-refractivity contribution in [2.24, 2.45) is 0 Å². The minimum atomic E-state index is -2.15. The molecule has 0 radical (unpaired) electrons. The molecule has 1 aliphatic carbocycles. The zero-order valence-corrected chi connectivity index (χ0v) is 11.0. The van der Waals surface area contributed by atoms with Crippen molar-refractivity contribution >= 4 is 11.9 Å². The van der Waals surface area contributed by atoms with Gasteiger partial charge in [0.25, 0.3) is 0 Å². The number of hydrogen-bond acceptors (Lipinski definition) is 2. The molecule has 20 heavy (non-hydrogen) atoms. The van der Waals surface area contributed by atoms with Crippen molar-refractivity contribution in [2.45, 2.75) is 5.67 Å². The van der Waals surface area contributed by atoms with Gasteiger partial charge in [-0.1, -0.05) is 42.5 Å². The minimum absolute atomic E-state index is 0.329. The Kier molecular flexibility index (Phi) is 2.90. The van der Waals surface area contributed by atoms with Gasteiger partial charge in [-0.2, -0.15) is 0 Å². The number of allylic oxidation sites excluding steroid dienone is 1. The molecule has 0 fully saturated rings. The number of rotatable bonds is 2. The molecule has 1 atom stereocenters. The first-order valence-corrected chi connectivity index (χ1v) is 6.31. The first-order valence-electron chi connectivity index (χ1n) is 6.31. The number of ketones is 1. The van der Waals surface area contributed by atoms with Crippen molar-refractivity contribution in [3.63, 3.8) is 0 Å². The summed E-state index contributed by atoms with van der Waals surface area (Å²) in [6.07, 6.45) is 2.93. The number of alkyl halides is 1. The molecule has 2 nitrogen and oxygen atoms in total. The predicted molar refractivity (Wildman–Crippen MR) is 75.4 cm³/mol. The van der Waals surface area contributed by atoms with Crippen molar-refractivity contribution < 1.29 is 13.9 Å². The third-order valence-corrected chi connectivity index (χ3v) is 3.56. The highest BCUT2D eigenvalue weighted by molar-refractivity contribution is 6.06. The molecule has 0 N–H and O–H groups in total. The Bertz CT molecular complexity index is 691. The summed E-state index contributed by atoms with van der Waals surface area (Å²) >= 11 is 0. The molecule has 0 unspecified atom stereocenters. The number of carbonyl (C=O) groups excluding carboxylic acids is 1. The summed E-state index contributed by atoms with van der Waals surface area (Å²) in [5.74, 6) is -0.0331. The molecule has 0 heterocycles. The average Bonchev–Trinajstić information content (AvgIpc) is 2.51. The van der Waals surface area contributed by atoms with Crippen LogP contribution in [0.25, 0.3) is 6.08 Å². The fraction of sp³-hybridized carbons (Fsp3) is 0.118. The van der Waals surface area contributed by atoms with Gasteiger partial charge in [-0.05, 0) is 23.8 Å². The maximum Gasteiger partial charge on any atom is 0.223 e. The van der Waals surface area contributed by atoms with Crippen LogP contribution in [-0.2, 0) is 10.5 Å². The van der Waals surface area contributed by atoms with Crippen molar-refractivity contribution in [1.82, 2.24) is 0 Å². The van der Waals surface area contributed by atoms with Crippen LogP contribution >= 0.6 is 0 Å². The molecule has 100 valence electrons. The smallest absolute Gasteiger partial charge is 0.223 e. The van der Waals surface area contributed by atoms with Gasteiger partial charge in [-0.25, -0.2) is 4.39 Å². The lowest BCUT2D eigenvalue weighted by Gasteiger charge is -2.28. The van der Waals surface area contributed by atoms with Crippen LogP contribution in [-0.4, -0.2) is 12.9 Å². The summed E-state index contributed by atoms with van der Waals surface area (Å²) < 4.78 is 20.7. The van der Waals surface area contributed by atoms with Gasteiger partial charge in [-0.15, -0.1) is 0 Å². The van der Waals surface area contributed by atoms with Crippen molar-refractivity contribution in [3.8, 4) is 5.75 Å². The van der Waals surface area contributed by atoms with Gasteiger partial charge < -0.3 is 4.74 Å². The Labute approximate surface area is 116 Å². The van der Waals surface area contributed by atoms with Crippen molar-refractivity contribution in [2.75, 3.05) is 7.11 Å². The van der Waals surface area contributed by atoms with Gasteiger partial charge >= 0.3 is 0 Å². The van der Waals surface area contributed by atoms with Crippen LogP contribution in [0.2, 0.25) is 0 Å². The van der Waals surface area contributed by atoms with E-state index in [1.165, 1.54) is 13.2 Å². The number of methoxy groups -OCH3 is 1. The van der Waals surface area contributed by atoms with E-state index in [1.54, 1.807) is 54.6 Å². The van der Waals surface area contributed by atoms with Crippen LogP contribution in [0.4, 0.5) is 4.39 Å². The monoisotopic (exact) mass is 268 g/mol. The minimum Gasteiger partial charge on any atom is -0.497 e. The summed E-state index contributed by atoms with van der Waals surface area (Å²) in [5.41, 5.74) is -0.795. The molecular formula is C17H13FO2. The topological polar surface area (TPSA) is 26.3 Å². The average molecular weight is 268 g/mol. The Morgan fingerprint density at radius 1 is 1.05 bits per heavy atom. The molecule has 0 aromatic heterocycles. The predicted octanol–water partition coefficient (Wildman–Crippen LogP) is 3.50. The third kappa shape index (κ3) is 1.74. The molecule has 0 amide bonds. The lowest BCUT2D eigenvalue weighted by molar-refractivity contribution is -0.123. The standard InChI is InChI=1S/C17H13FO2/c1-20-14-9-7-12-8-10-16(19)17(18,15(12)11-14)13-5-3-2-4-6-13/h2-11H,1H3/t17-/m1/s1. The number of halogens is 1.